The average molecular weight is 210 g/mol. The van der Waals surface area contributed by atoms with Crippen molar-refractivity contribution in [3.8, 4) is 17.2 Å². The van der Waals surface area contributed by atoms with E-state index in [9.17, 15) is 0 Å². The van der Waals surface area contributed by atoms with Crippen molar-refractivity contribution < 1.29 is 18.9 Å². The van der Waals surface area contributed by atoms with E-state index in [2.05, 4.69) is 0 Å². The molecule has 1 aromatic carbocycles. The molecule has 1 fully saturated rings. The van der Waals surface area contributed by atoms with E-state index in [0.29, 0.717) is 5.75 Å². The first-order chi connectivity index (χ1) is 7.30. The minimum atomic E-state index is 0.0980. The number of hydrogen-bond donors (Lipinski definition) is 0. The molecule has 15 heavy (non-hydrogen) atoms. The summed E-state index contributed by atoms with van der Waals surface area (Å²) in [6.45, 7) is 0.721. The van der Waals surface area contributed by atoms with E-state index in [-0.39, 0.29) is 6.10 Å². The Labute approximate surface area is 88.7 Å². The molecule has 0 saturated carbocycles. The Balaban J connectivity index is 2.48. The predicted molar refractivity (Wildman–Crippen MR) is 54.8 cm³/mol. The van der Waals surface area contributed by atoms with Crippen LogP contribution in [-0.2, 0) is 4.74 Å². The number of ether oxygens (including phenoxy) is 4. The molecule has 82 valence electrons. The molecule has 0 aromatic heterocycles. The summed E-state index contributed by atoms with van der Waals surface area (Å²) in [7, 11) is 4.86. The monoisotopic (exact) mass is 210 g/mol. The number of methoxy groups -OCH3 is 3. The SMILES string of the molecule is COc1cc(OC)c(C2CO2)c(OC)c1. The molecule has 2 rings (SSSR count). The van der Waals surface area contributed by atoms with Gasteiger partial charge in [0.25, 0.3) is 0 Å². The summed E-state index contributed by atoms with van der Waals surface area (Å²) in [6, 6.07) is 3.67. The van der Waals surface area contributed by atoms with Gasteiger partial charge in [-0.2, -0.15) is 0 Å². The van der Waals surface area contributed by atoms with E-state index in [1.807, 2.05) is 12.1 Å². The summed E-state index contributed by atoms with van der Waals surface area (Å²) in [5, 5.41) is 0. The molecule has 0 aliphatic carbocycles. The van der Waals surface area contributed by atoms with Gasteiger partial charge in [0.05, 0.1) is 33.5 Å². The van der Waals surface area contributed by atoms with Gasteiger partial charge in [0, 0.05) is 12.1 Å². The van der Waals surface area contributed by atoms with Crippen molar-refractivity contribution in [1.82, 2.24) is 0 Å². The minimum Gasteiger partial charge on any atom is -0.496 e. The lowest BCUT2D eigenvalue weighted by Crippen LogP contribution is -1.97. The van der Waals surface area contributed by atoms with Crippen LogP contribution in [-0.4, -0.2) is 27.9 Å². The van der Waals surface area contributed by atoms with Crippen molar-refractivity contribution in [3.63, 3.8) is 0 Å². The van der Waals surface area contributed by atoms with E-state index >= 15 is 0 Å². The van der Waals surface area contributed by atoms with E-state index in [4.69, 9.17) is 18.9 Å². The van der Waals surface area contributed by atoms with Crippen LogP contribution in [0.5, 0.6) is 17.2 Å². The van der Waals surface area contributed by atoms with Gasteiger partial charge >= 0.3 is 0 Å². The zero-order valence-electron chi connectivity index (χ0n) is 9.07. The molecule has 0 spiro atoms. The Bertz CT molecular complexity index is 333. The fourth-order valence-electron chi connectivity index (χ4n) is 1.56. The van der Waals surface area contributed by atoms with E-state index in [1.54, 1.807) is 21.3 Å². The van der Waals surface area contributed by atoms with Crippen LogP contribution in [0, 0.1) is 0 Å². The molecule has 1 atom stereocenters. The fraction of sp³-hybridized carbons (Fsp3) is 0.455. The molecule has 4 nitrogen and oxygen atoms in total. The maximum atomic E-state index is 5.29. The van der Waals surface area contributed by atoms with Gasteiger partial charge < -0.3 is 18.9 Å². The lowest BCUT2D eigenvalue weighted by Gasteiger charge is -2.13. The molecule has 1 aliphatic heterocycles. The van der Waals surface area contributed by atoms with Gasteiger partial charge in [-0.05, 0) is 0 Å². The lowest BCUT2D eigenvalue weighted by atomic mass is 10.1. The Morgan fingerprint density at radius 1 is 1.07 bits per heavy atom. The minimum absolute atomic E-state index is 0.0980. The standard InChI is InChI=1S/C11H14O4/c1-12-7-4-8(13-2)11(10-6-15-10)9(5-7)14-3/h4-5,10H,6H2,1-3H3. The second-order valence-corrected chi connectivity index (χ2v) is 3.27. The summed E-state index contributed by atoms with van der Waals surface area (Å²) in [6.07, 6.45) is 0.0980. The summed E-state index contributed by atoms with van der Waals surface area (Å²) >= 11 is 0. The first-order valence-corrected chi connectivity index (χ1v) is 4.71. The Morgan fingerprint density at radius 3 is 1.93 bits per heavy atom. The van der Waals surface area contributed by atoms with Crippen molar-refractivity contribution in [2.75, 3.05) is 27.9 Å². The van der Waals surface area contributed by atoms with E-state index < -0.39 is 0 Å². The van der Waals surface area contributed by atoms with Crippen molar-refractivity contribution in [3.05, 3.63) is 17.7 Å². The number of hydrogen-bond acceptors (Lipinski definition) is 4. The van der Waals surface area contributed by atoms with Crippen LogP contribution in [0.25, 0.3) is 0 Å². The van der Waals surface area contributed by atoms with Gasteiger partial charge in [-0.15, -0.1) is 0 Å². The van der Waals surface area contributed by atoms with Gasteiger partial charge in [0.15, 0.2) is 0 Å². The topological polar surface area (TPSA) is 40.2 Å². The van der Waals surface area contributed by atoms with Crippen LogP contribution in [0.1, 0.15) is 11.7 Å². The van der Waals surface area contributed by atoms with E-state index in [1.165, 1.54) is 0 Å². The third-order valence-electron chi connectivity index (χ3n) is 2.41. The second-order valence-electron chi connectivity index (χ2n) is 3.27. The molecular weight excluding hydrogens is 196 g/mol. The van der Waals surface area contributed by atoms with Crippen LogP contribution in [0.4, 0.5) is 0 Å². The highest BCUT2D eigenvalue weighted by molar-refractivity contribution is 5.52. The molecule has 0 amide bonds. The second kappa shape index (κ2) is 3.98. The normalized spacial score (nSPS) is 18.5. The van der Waals surface area contributed by atoms with Crippen molar-refractivity contribution >= 4 is 0 Å². The quantitative estimate of drug-likeness (QED) is 0.710. The first kappa shape index (κ1) is 10.1. The van der Waals surface area contributed by atoms with Gasteiger partial charge in [-0.25, -0.2) is 0 Å². The smallest absolute Gasteiger partial charge is 0.132 e. The zero-order chi connectivity index (χ0) is 10.8. The molecule has 1 unspecified atom stereocenters. The maximum Gasteiger partial charge on any atom is 0.132 e. The molecule has 1 heterocycles. The average Bonchev–Trinajstić information content (AvgIpc) is 3.10. The third kappa shape index (κ3) is 1.85. The molecule has 1 aromatic rings. The molecule has 4 heteroatoms. The van der Waals surface area contributed by atoms with Crippen molar-refractivity contribution in [1.29, 1.82) is 0 Å². The summed E-state index contributed by atoms with van der Waals surface area (Å²) in [5.41, 5.74) is 0.959. The molecule has 1 saturated heterocycles. The van der Waals surface area contributed by atoms with Gasteiger partial charge in [-0.1, -0.05) is 0 Å². The number of epoxide rings is 1. The van der Waals surface area contributed by atoms with Crippen LogP contribution in [0.15, 0.2) is 12.1 Å². The molecule has 0 N–H and O–H groups in total. The lowest BCUT2D eigenvalue weighted by molar-refractivity contribution is 0.350. The van der Waals surface area contributed by atoms with Crippen molar-refractivity contribution in [2.45, 2.75) is 6.10 Å². The fourth-order valence-corrected chi connectivity index (χ4v) is 1.56. The molecule has 0 bridgehead atoms. The van der Waals surface area contributed by atoms with Crippen LogP contribution < -0.4 is 14.2 Å². The van der Waals surface area contributed by atoms with Crippen molar-refractivity contribution in [2.24, 2.45) is 0 Å². The number of rotatable bonds is 4. The summed E-state index contributed by atoms with van der Waals surface area (Å²) in [4.78, 5) is 0. The predicted octanol–water partition coefficient (Wildman–Crippen LogP) is 1.78. The van der Waals surface area contributed by atoms with Crippen LogP contribution in [0.2, 0.25) is 0 Å². The third-order valence-corrected chi connectivity index (χ3v) is 2.41. The number of benzene rings is 1. The molecular formula is C11H14O4. The first-order valence-electron chi connectivity index (χ1n) is 4.71. The Hall–Kier alpha value is -1.42. The highest BCUT2D eigenvalue weighted by Gasteiger charge is 2.32. The Kier molecular flexibility index (Phi) is 2.68. The van der Waals surface area contributed by atoms with Gasteiger partial charge in [0.2, 0.25) is 0 Å². The molecule has 1 aliphatic rings. The maximum absolute atomic E-state index is 5.29. The largest absolute Gasteiger partial charge is 0.496 e. The van der Waals surface area contributed by atoms with Gasteiger partial charge in [-0.3, -0.25) is 0 Å². The highest BCUT2D eigenvalue weighted by atomic mass is 16.6. The van der Waals surface area contributed by atoms with E-state index in [0.717, 1.165) is 23.7 Å². The zero-order valence-corrected chi connectivity index (χ0v) is 9.07. The Morgan fingerprint density at radius 2 is 1.60 bits per heavy atom. The van der Waals surface area contributed by atoms with Crippen LogP contribution >= 0.6 is 0 Å². The van der Waals surface area contributed by atoms with Gasteiger partial charge in [0.1, 0.15) is 23.4 Å². The summed E-state index contributed by atoms with van der Waals surface area (Å²) < 4.78 is 21.0. The highest BCUT2D eigenvalue weighted by Crippen LogP contribution is 2.44. The summed E-state index contributed by atoms with van der Waals surface area (Å²) in [5.74, 6) is 2.20. The van der Waals surface area contributed by atoms with Crippen LogP contribution in [0.3, 0.4) is 0 Å². The molecule has 0 radical (unpaired) electrons.